The number of hydrogen-bond acceptors (Lipinski definition) is 8. The molecule has 0 aliphatic carbocycles. The summed E-state index contributed by atoms with van der Waals surface area (Å²) in [4.78, 5) is 26.1. The molecule has 186 valence electrons. The van der Waals surface area contributed by atoms with Crippen LogP contribution in [0.1, 0.15) is 40.2 Å². The third kappa shape index (κ3) is 5.58. The van der Waals surface area contributed by atoms with Crippen molar-refractivity contribution in [2.75, 3.05) is 36.9 Å². The van der Waals surface area contributed by atoms with E-state index in [4.69, 9.17) is 5.84 Å². The number of piperazine rings is 1. The molecule has 0 bridgehead atoms. The molecule has 1 aromatic carbocycles. The van der Waals surface area contributed by atoms with E-state index in [1.807, 2.05) is 30.9 Å². The van der Waals surface area contributed by atoms with Gasteiger partial charge in [0.2, 0.25) is 17.0 Å². The van der Waals surface area contributed by atoms with Gasteiger partial charge in [-0.2, -0.15) is 0 Å². The maximum Gasteiger partial charge on any atom is 0.236 e. The molecule has 0 unspecified atom stereocenters. The minimum Gasteiger partial charge on any atom is -0.338 e. The van der Waals surface area contributed by atoms with Crippen molar-refractivity contribution in [2.24, 2.45) is 5.92 Å². The van der Waals surface area contributed by atoms with Crippen LogP contribution in [0.3, 0.4) is 0 Å². The van der Waals surface area contributed by atoms with Crippen molar-refractivity contribution in [2.45, 2.75) is 50.4 Å². The van der Waals surface area contributed by atoms with Gasteiger partial charge in [-0.05, 0) is 23.0 Å². The molecule has 9 nitrogen and oxygen atoms in total. The fourth-order valence-electron chi connectivity index (χ4n) is 4.02. The van der Waals surface area contributed by atoms with Crippen LogP contribution in [0.4, 0.5) is 5.95 Å². The number of benzene rings is 1. The summed E-state index contributed by atoms with van der Waals surface area (Å²) >= 11 is 1.38. The molecule has 0 radical (unpaired) electrons. The topological polar surface area (TPSA) is 106 Å². The number of nitrogens with zero attached hydrogens (tertiary/aromatic N) is 7. The van der Waals surface area contributed by atoms with E-state index in [0.29, 0.717) is 43.1 Å². The Morgan fingerprint density at radius 2 is 1.63 bits per heavy atom. The van der Waals surface area contributed by atoms with Crippen molar-refractivity contribution in [3.8, 4) is 11.4 Å². The number of carbonyl (C=O) groups excluding carboxylic acids is 1. The molecule has 3 heterocycles. The van der Waals surface area contributed by atoms with Gasteiger partial charge >= 0.3 is 0 Å². The first-order valence-corrected chi connectivity index (χ1v) is 12.8. The lowest BCUT2D eigenvalue weighted by molar-refractivity contribution is -0.131. The van der Waals surface area contributed by atoms with Crippen molar-refractivity contribution >= 4 is 23.6 Å². The molecule has 2 aromatic heterocycles. The molecule has 1 amide bonds. The first kappa shape index (κ1) is 25.0. The summed E-state index contributed by atoms with van der Waals surface area (Å²) in [7, 11) is 0. The molecule has 4 rings (SSSR count). The van der Waals surface area contributed by atoms with E-state index in [2.05, 4.69) is 58.0 Å². The van der Waals surface area contributed by atoms with E-state index in [9.17, 15) is 4.79 Å². The van der Waals surface area contributed by atoms with Gasteiger partial charge in [-0.1, -0.05) is 70.6 Å². The Balaban J connectivity index is 1.44. The third-order valence-corrected chi connectivity index (χ3v) is 7.67. The van der Waals surface area contributed by atoms with Crippen molar-refractivity contribution in [1.82, 2.24) is 29.7 Å². The number of nitrogens with two attached hydrogens (primary N) is 1. The Morgan fingerprint density at radius 3 is 2.20 bits per heavy atom. The second kappa shape index (κ2) is 10.2. The molecule has 2 N–H and O–H groups in total. The fourth-order valence-corrected chi connectivity index (χ4v) is 5.06. The zero-order valence-electron chi connectivity index (χ0n) is 21.0. The predicted molar refractivity (Wildman–Crippen MR) is 140 cm³/mol. The second-order valence-corrected chi connectivity index (χ2v) is 11.3. The smallest absolute Gasteiger partial charge is 0.236 e. The van der Waals surface area contributed by atoms with Gasteiger partial charge in [0.25, 0.3) is 0 Å². The summed E-state index contributed by atoms with van der Waals surface area (Å²) in [5, 5.41) is 8.87. The molecule has 1 atom stereocenters. The van der Waals surface area contributed by atoms with E-state index < -0.39 is 0 Å². The van der Waals surface area contributed by atoms with Crippen molar-refractivity contribution in [3.63, 3.8) is 0 Å². The number of aromatic nitrogens is 5. The highest BCUT2D eigenvalue weighted by molar-refractivity contribution is 8.00. The number of hydrogen-bond donors (Lipinski definition) is 1. The van der Waals surface area contributed by atoms with E-state index >= 15 is 0 Å². The van der Waals surface area contributed by atoms with Crippen molar-refractivity contribution < 1.29 is 4.79 Å². The lowest BCUT2D eigenvalue weighted by atomic mass is 9.87. The molecule has 35 heavy (non-hydrogen) atoms. The minimum absolute atomic E-state index is 0.0698. The Labute approximate surface area is 211 Å². The minimum atomic E-state index is -0.308. The molecular weight excluding hydrogens is 460 g/mol. The van der Waals surface area contributed by atoms with Crippen LogP contribution in [0.25, 0.3) is 11.4 Å². The van der Waals surface area contributed by atoms with Gasteiger partial charge < -0.3 is 15.6 Å². The molecular formula is C25H34N8OS. The number of nitrogen functional groups attached to an aromatic ring is 1. The van der Waals surface area contributed by atoms with Crippen LogP contribution in [-0.4, -0.2) is 67.1 Å². The molecule has 0 saturated carbocycles. The van der Waals surface area contributed by atoms with Crippen LogP contribution in [-0.2, 0) is 10.2 Å². The van der Waals surface area contributed by atoms with Crippen molar-refractivity contribution in [3.05, 3.63) is 48.3 Å². The predicted octanol–water partition coefficient (Wildman–Crippen LogP) is 3.21. The van der Waals surface area contributed by atoms with Crippen LogP contribution in [0, 0.1) is 5.92 Å². The molecule has 0 spiro atoms. The quantitative estimate of drug-likeness (QED) is 0.411. The molecule has 3 aromatic rings. The third-order valence-electron chi connectivity index (χ3n) is 6.18. The largest absolute Gasteiger partial charge is 0.338 e. The lowest BCUT2D eigenvalue weighted by Gasteiger charge is -2.36. The summed E-state index contributed by atoms with van der Waals surface area (Å²) in [6, 6.07) is 10.0. The molecule has 1 fully saturated rings. The van der Waals surface area contributed by atoms with Gasteiger partial charge in [0.15, 0.2) is 5.82 Å². The van der Waals surface area contributed by atoms with Crippen LogP contribution < -0.4 is 10.7 Å². The number of rotatable bonds is 6. The Morgan fingerprint density at radius 1 is 1.00 bits per heavy atom. The average Bonchev–Trinajstić information content (AvgIpc) is 3.22. The summed E-state index contributed by atoms with van der Waals surface area (Å²) in [6.07, 6.45) is 3.48. The highest BCUT2D eigenvalue weighted by Crippen LogP contribution is 2.31. The number of amides is 1. The lowest BCUT2D eigenvalue weighted by Crippen LogP contribution is -2.52. The maximum absolute atomic E-state index is 13.5. The normalized spacial score (nSPS) is 15.5. The molecule has 1 aliphatic heterocycles. The van der Waals surface area contributed by atoms with E-state index in [0.717, 1.165) is 5.56 Å². The van der Waals surface area contributed by atoms with Crippen LogP contribution in [0.2, 0.25) is 0 Å². The van der Waals surface area contributed by atoms with Gasteiger partial charge in [0.1, 0.15) is 0 Å². The van der Waals surface area contributed by atoms with Crippen LogP contribution >= 0.6 is 11.8 Å². The number of thioether (sulfide) groups is 1. The van der Waals surface area contributed by atoms with E-state index in [1.54, 1.807) is 18.5 Å². The number of carbonyl (C=O) groups is 1. The van der Waals surface area contributed by atoms with Gasteiger partial charge in [-0.15, -0.1) is 10.2 Å². The first-order valence-electron chi connectivity index (χ1n) is 11.9. The average molecular weight is 495 g/mol. The Kier molecular flexibility index (Phi) is 7.30. The zero-order chi connectivity index (χ0) is 25.2. The SMILES string of the molecule is CC(C)[C@@H](Sc1nnc(-c2ccc(C(C)(C)C)cc2)n1N)C(=O)N1CCN(c2ncccn2)CC1. The fraction of sp³-hybridized carbons (Fsp3) is 0.480. The zero-order valence-corrected chi connectivity index (χ0v) is 21.9. The van der Waals surface area contributed by atoms with E-state index in [-0.39, 0.29) is 22.5 Å². The monoisotopic (exact) mass is 494 g/mol. The van der Waals surface area contributed by atoms with Gasteiger partial charge in [-0.3, -0.25) is 4.79 Å². The van der Waals surface area contributed by atoms with E-state index in [1.165, 1.54) is 22.0 Å². The van der Waals surface area contributed by atoms with Gasteiger partial charge in [-0.25, -0.2) is 14.6 Å². The molecule has 1 aliphatic rings. The molecule has 1 saturated heterocycles. The highest BCUT2D eigenvalue weighted by Gasteiger charge is 2.32. The van der Waals surface area contributed by atoms with Crippen LogP contribution in [0.5, 0.6) is 0 Å². The Bertz CT molecular complexity index is 1130. The summed E-state index contributed by atoms with van der Waals surface area (Å²) in [6.45, 7) is 13.3. The summed E-state index contributed by atoms with van der Waals surface area (Å²) < 4.78 is 1.49. The van der Waals surface area contributed by atoms with Gasteiger partial charge in [0.05, 0.1) is 5.25 Å². The summed E-state index contributed by atoms with van der Waals surface area (Å²) in [5.74, 6) is 7.88. The number of anilines is 1. The Hall–Kier alpha value is -3.14. The standard InChI is InChI=1S/C25H34N8OS/c1-17(2)20(22(34)31-13-15-32(16-14-31)23-27-11-6-12-28-23)35-24-30-29-21(33(24)26)18-7-9-19(10-8-18)25(3,4)5/h6-12,17,20H,13-16,26H2,1-5H3/t20-/m1/s1. The summed E-state index contributed by atoms with van der Waals surface area (Å²) in [5.41, 5.74) is 2.20. The van der Waals surface area contributed by atoms with Crippen molar-refractivity contribution in [1.29, 1.82) is 0 Å². The second-order valence-electron chi connectivity index (χ2n) is 10.1. The molecule has 10 heteroatoms. The van der Waals surface area contributed by atoms with Crippen LogP contribution in [0.15, 0.2) is 47.9 Å². The van der Waals surface area contributed by atoms with Gasteiger partial charge in [0, 0.05) is 44.1 Å². The maximum atomic E-state index is 13.5. The highest BCUT2D eigenvalue weighted by atomic mass is 32.2. The first-order chi connectivity index (χ1) is 16.6.